The molecular formula is C18H17N5O2S2. The summed E-state index contributed by atoms with van der Waals surface area (Å²) >= 11 is 3.01. The van der Waals surface area contributed by atoms with Crippen molar-refractivity contribution in [1.29, 1.82) is 0 Å². The highest BCUT2D eigenvalue weighted by Gasteiger charge is 2.19. The first-order valence-electron chi connectivity index (χ1n) is 8.30. The number of anilines is 2. The highest BCUT2D eigenvalue weighted by atomic mass is 32.2. The van der Waals surface area contributed by atoms with E-state index >= 15 is 0 Å². The Bertz CT molecular complexity index is 1040. The summed E-state index contributed by atoms with van der Waals surface area (Å²) < 4.78 is 11.5. The first-order chi connectivity index (χ1) is 13.1. The minimum Gasteiger partial charge on any atom is -0.461 e. The highest BCUT2D eigenvalue weighted by Crippen LogP contribution is 2.37. The Labute approximate surface area is 164 Å². The summed E-state index contributed by atoms with van der Waals surface area (Å²) in [5, 5.41) is 16.4. The zero-order valence-electron chi connectivity index (χ0n) is 15.0. The van der Waals surface area contributed by atoms with Crippen LogP contribution >= 0.6 is 23.1 Å². The number of aromatic nitrogens is 4. The molecule has 0 unspecified atom stereocenters. The van der Waals surface area contributed by atoms with Gasteiger partial charge >= 0.3 is 0 Å². The van der Waals surface area contributed by atoms with Crippen LogP contribution in [0.15, 0.2) is 49.9 Å². The molecule has 4 rings (SSSR count). The molecule has 138 valence electrons. The van der Waals surface area contributed by atoms with E-state index in [1.54, 1.807) is 18.4 Å². The number of nitrogens with one attached hydrogen (secondary N) is 1. The summed E-state index contributed by atoms with van der Waals surface area (Å²) in [7, 11) is 0. The zero-order chi connectivity index (χ0) is 18.8. The van der Waals surface area contributed by atoms with Crippen molar-refractivity contribution in [3.8, 4) is 11.6 Å². The van der Waals surface area contributed by atoms with Gasteiger partial charge in [0, 0.05) is 5.69 Å². The minimum absolute atomic E-state index is 0.0522. The Balaban J connectivity index is 1.42. The van der Waals surface area contributed by atoms with Gasteiger partial charge in [0.1, 0.15) is 0 Å². The van der Waals surface area contributed by atoms with E-state index in [0.717, 1.165) is 15.2 Å². The third-order valence-electron chi connectivity index (χ3n) is 3.97. The maximum Gasteiger partial charge on any atom is 0.240 e. The fourth-order valence-electron chi connectivity index (χ4n) is 2.36. The van der Waals surface area contributed by atoms with Gasteiger partial charge in [0.15, 0.2) is 10.1 Å². The van der Waals surface area contributed by atoms with Gasteiger partial charge in [0.2, 0.25) is 16.8 Å². The average Bonchev–Trinajstić information content (AvgIpc) is 3.38. The predicted molar refractivity (Wildman–Crippen MR) is 105 cm³/mol. The molecule has 27 heavy (non-hydrogen) atoms. The lowest BCUT2D eigenvalue weighted by Crippen LogP contribution is -1.91. The number of hydrogen-bond acceptors (Lipinski definition) is 9. The Morgan fingerprint density at radius 3 is 2.81 bits per heavy atom. The van der Waals surface area contributed by atoms with Crippen molar-refractivity contribution in [1.82, 2.24) is 20.3 Å². The van der Waals surface area contributed by atoms with Gasteiger partial charge in [-0.05, 0) is 56.2 Å². The predicted octanol–water partition coefficient (Wildman–Crippen LogP) is 5.39. The molecule has 1 N–H and O–H groups in total. The second kappa shape index (κ2) is 7.53. The van der Waals surface area contributed by atoms with Crippen LogP contribution in [0.5, 0.6) is 0 Å². The van der Waals surface area contributed by atoms with Crippen molar-refractivity contribution in [2.75, 3.05) is 5.32 Å². The summed E-state index contributed by atoms with van der Waals surface area (Å²) in [6.45, 7) is 6.17. The van der Waals surface area contributed by atoms with E-state index in [0.29, 0.717) is 17.5 Å². The van der Waals surface area contributed by atoms with Crippen molar-refractivity contribution in [2.24, 2.45) is 0 Å². The Morgan fingerprint density at radius 2 is 2.04 bits per heavy atom. The first kappa shape index (κ1) is 17.7. The number of aryl methyl sites for hydroxylation is 2. The third-order valence-corrected chi connectivity index (χ3v) is 5.98. The van der Waals surface area contributed by atoms with E-state index in [-0.39, 0.29) is 5.25 Å². The molecule has 9 heteroatoms. The standard InChI is InChI=1S/C18H17N5O2S2/c1-10-6-7-13(9-11(10)2)19-17-21-22-18(27-17)26-12(3)16-20-15(23-25-16)14-5-4-8-24-14/h4-9,12H,1-3H3,(H,19,21)/t12-/m1/s1. The molecule has 7 nitrogen and oxygen atoms in total. The van der Waals surface area contributed by atoms with E-state index in [4.69, 9.17) is 8.94 Å². The van der Waals surface area contributed by atoms with Gasteiger partial charge in [-0.1, -0.05) is 34.3 Å². The van der Waals surface area contributed by atoms with Crippen molar-refractivity contribution >= 4 is 33.9 Å². The summed E-state index contributed by atoms with van der Waals surface area (Å²) in [4.78, 5) is 4.39. The molecule has 3 heterocycles. The lowest BCUT2D eigenvalue weighted by Gasteiger charge is -2.05. The van der Waals surface area contributed by atoms with E-state index in [1.807, 2.05) is 13.0 Å². The SMILES string of the molecule is Cc1ccc(Nc2nnc(S[C@H](C)c3nc(-c4ccco4)no3)s2)cc1C. The fraction of sp³-hybridized carbons (Fsp3) is 0.222. The zero-order valence-corrected chi connectivity index (χ0v) is 16.6. The average molecular weight is 400 g/mol. The number of furan rings is 1. The summed E-state index contributed by atoms with van der Waals surface area (Å²) in [6.07, 6.45) is 1.58. The molecule has 0 saturated carbocycles. The van der Waals surface area contributed by atoms with E-state index in [2.05, 4.69) is 51.6 Å². The van der Waals surface area contributed by atoms with Crippen LogP contribution in [0.1, 0.15) is 29.2 Å². The van der Waals surface area contributed by atoms with E-state index in [9.17, 15) is 0 Å². The number of rotatable bonds is 6. The smallest absolute Gasteiger partial charge is 0.240 e. The van der Waals surface area contributed by atoms with Crippen LogP contribution in [0, 0.1) is 13.8 Å². The van der Waals surface area contributed by atoms with Crippen LogP contribution in [0.4, 0.5) is 10.8 Å². The molecule has 0 saturated heterocycles. The number of hydrogen-bond donors (Lipinski definition) is 1. The molecule has 0 radical (unpaired) electrons. The van der Waals surface area contributed by atoms with Crippen LogP contribution in [0.3, 0.4) is 0 Å². The molecule has 3 aromatic heterocycles. The second-order valence-corrected chi connectivity index (χ2v) is 8.56. The molecule has 1 aromatic carbocycles. The monoisotopic (exact) mass is 399 g/mol. The topological polar surface area (TPSA) is 89.9 Å². The largest absolute Gasteiger partial charge is 0.461 e. The van der Waals surface area contributed by atoms with Gasteiger partial charge < -0.3 is 14.3 Å². The molecule has 4 aromatic rings. The molecule has 0 spiro atoms. The first-order valence-corrected chi connectivity index (χ1v) is 10.00. The lowest BCUT2D eigenvalue weighted by molar-refractivity contribution is 0.379. The van der Waals surface area contributed by atoms with Crippen molar-refractivity contribution in [3.05, 3.63) is 53.6 Å². The lowest BCUT2D eigenvalue weighted by atomic mass is 10.1. The second-order valence-electron chi connectivity index (χ2n) is 5.99. The number of benzene rings is 1. The fourth-order valence-corrected chi connectivity index (χ4v) is 4.31. The molecule has 0 fully saturated rings. The Kier molecular flexibility index (Phi) is 4.95. The summed E-state index contributed by atoms with van der Waals surface area (Å²) in [5.41, 5.74) is 3.49. The van der Waals surface area contributed by atoms with Crippen LogP contribution in [0.25, 0.3) is 11.6 Å². The molecule has 0 bridgehead atoms. The van der Waals surface area contributed by atoms with Crippen molar-refractivity contribution < 1.29 is 8.94 Å². The van der Waals surface area contributed by atoms with Crippen LogP contribution in [0.2, 0.25) is 0 Å². The maximum absolute atomic E-state index is 5.35. The molecule has 1 atom stereocenters. The van der Waals surface area contributed by atoms with Crippen LogP contribution in [-0.4, -0.2) is 20.3 Å². The number of nitrogens with zero attached hydrogens (tertiary/aromatic N) is 4. The molecular weight excluding hydrogens is 382 g/mol. The van der Waals surface area contributed by atoms with Crippen LogP contribution < -0.4 is 5.32 Å². The van der Waals surface area contributed by atoms with Crippen molar-refractivity contribution in [2.45, 2.75) is 30.4 Å². The maximum atomic E-state index is 5.35. The van der Waals surface area contributed by atoms with Gasteiger partial charge in [0.25, 0.3) is 0 Å². The summed E-state index contributed by atoms with van der Waals surface area (Å²) in [5.74, 6) is 1.54. The third kappa shape index (κ3) is 4.04. The van der Waals surface area contributed by atoms with Gasteiger partial charge in [-0.3, -0.25) is 0 Å². The van der Waals surface area contributed by atoms with Gasteiger partial charge in [-0.15, -0.1) is 10.2 Å². The van der Waals surface area contributed by atoms with E-state index in [1.165, 1.54) is 34.2 Å². The van der Waals surface area contributed by atoms with Gasteiger partial charge in [-0.25, -0.2) is 0 Å². The van der Waals surface area contributed by atoms with Crippen LogP contribution in [-0.2, 0) is 0 Å². The molecule has 0 aliphatic heterocycles. The van der Waals surface area contributed by atoms with Crippen molar-refractivity contribution in [3.63, 3.8) is 0 Å². The highest BCUT2D eigenvalue weighted by molar-refractivity contribution is 8.01. The quantitative estimate of drug-likeness (QED) is 0.431. The van der Waals surface area contributed by atoms with Gasteiger partial charge in [0.05, 0.1) is 11.5 Å². The van der Waals surface area contributed by atoms with Gasteiger partial charge in [-0.2, -0.15) is 4.98 Å². The Morgan fingerprint density at radius 1 is 1.15 bits per heavy atom. The number of thioether (sulfide) groups is 1. The Hall–Kier alpha value is -2.65. The normalized spacial score (nSPS) is 12.3. The molecule has 0 aliphatic rings. The minimum atomic E-state index is -0.0522. The molecule has 0 aliphatic carbocycles. The molecule has 0 amide bonds. The summed E-state index contributed by atoms with van der Waals surface area (Å²) in [6, 6.07) is 9.80. The van der Waals surface area contributed by atoms with E-state index < -0.39 is 0 Å².